The molecule has 1 heterocycles. The molecule has 5 nitrogen and oxygen atoms in total. The number of rotatable bonds is 4. The summed E-state index contributed by atoms with van der Waals surface area (Å²) >= 11 is 0. The SMILES string of the molecule is CCOC(=O)C1C(c2ccc(OC)cc2)CC(=O)N1C. The van der Waals surface area contributed by atoms with E-state index in [2.05, 4.69) is 0 Å². The second-order valence-corrected chi connectivity index (χ2v) is 4.79. The fourth-order valence-corrected chi connectivity index (χ4v) is 2.57. The molecule has 1 fully saturated rings. The van der Waals surface area contributed by atoms with Gasteiger partial charge in [-0.05, 0) is 24.6 Å². The molecule has 0 spiro atoms. The fraction of sp³-hybridized carbons (Fsp3) is 0.467. The molecule has 1 saturated heterocycles. The van der Waals surface area contributed by atoms with E-state index in [9.17, 15) is 9.59 Å². The van der Waals surface area contributed by atoms with Crippen molar-refractivity contribution in [3.63, 3.8) is 0 Å². The topological polar surface area (TPSA) is 55.8 Å². The molecule has 1 aliphatic heterocycles. The second-order valence-electron chi connectivity index (χ2n) is 4.79. The van der Waals surface area contributed by atoms with Crippen LogP contribution in [0.4, 0.5) is 0 Å². The third kappa shape index (κ3) is 2.61. The van der Waals surface area contributed by atoms with Crippen LogP contribution >= 0.6 is 0 Å². The summed E-state index contributed by atoms with van der Waals surface area (Å²) in [5, 5.41) is 0. The number of hydrogen-bond acceptors (Lipinski definition) is 4. The Morgan fingerprint density at radius 2 is 2.00 bits per heavy atom. The van der Waals surface area contributed by atoms with E-state index in [0.717, 1.165) is 11.3 Å². The lowest BCUT2D eigenvalue weighted by Crippen LogP contribution is -2.39. The Kier molecular flexibility index (Phi) is 4.27. The van der Waals surface area contributed by atoms with Crippen molar-refractivity contribution in [2.24, 2.45) is 0 Å². The smallest absolute Gasteiger partial charge is 0.329 e. The van der Waals surface area contributed by atoms with Crippen molar-refractivity contribution in [3.05, 3.63) is 29.8 Å². The standard InChI is InChI=1S/C15H19NO4/c1-4-20-15(18)14-12(9-13(17)16(14)2)10-5-7-11(19-3)8-6-10/h5-8,12,14H,4,9H2,1-3H3. The number of carbonyl (C=O) groups excluding carboxylic acids is 2. The van der Waals surface area contributed by atoms with Gasteiger partial charge in [0.25, 0.3) is 0 Å². The van der Waals surface area contributed by atoms with Crippen LogP contribution in [0.1, 0.15) is 24.8 Å². The van der Waals surface area contributed by atoms with E-state index in [-0.39, 0.29) is 17.8 Å². The van der Waals surface area contributed by atoms with Crippen LogP contribution in [0, 0.1) is 0 Å². The molecular weight excluding hydrogens is 258 g/mol. The van der Waals surface area contributed by atoms with E-state index in [4.69, 9.17) is 9.47 Å². The number of amides is 1. The Morgan fingerprint density at radius 3 is 2.55 bits per heavy atom. The minimum absolute atomic E-state index is 0.0381. The van der Waals surface area contributed by atoms with Crippen LogP contribution in [-0.2, 0) is 14.3 Å². The summed E-state index contributed by atoms with van der Waals surface area (Å²) < 4.78 is 10.2. The van der Waals surface area contributed by atoms with Gasteiger partial charge in [0, 0.05) is 19.4 Å². The number of hydrogen-bond donors (Lipinski definition) is 0. The Labute approximate surface area is 118 Å². The predicted octanol–water partition coefficient (Wildman–Crippen LogP) is 1.57. The zero-order chi connectivity index (χ0) is 14.7. The summed E-state index contributed by atoms with van der Waals surface area (Å²) in [5.41, 5.74) is 0.946. The first-order chi connectivity index (χ1) is 9.58. The maximum Gasteiger partial charge on any atom is 0.329 e. The fourth-order valence-electron chi connectivity index (χ4n) is 2.57. The Hall–Kier alpha value is -2.04. The molecule has 1 amide bonds. The average molecular weight is 277 g/mol. The zero-order valence-corrected chi connectivity index (χ0v) is 12.0. The quantitative estimate of drug-likeness (QED) is 0.784. The van der Waals surface area contributed by atoms with Gasteiger partial charge in [-0.15, -0.1) is 0 Å². The summed E-state index contributed by atoms with van der Waals surface area (Å²) in [4.78, 5) is 25.4. The summed E-state index contributed by atoms with van der Waals surface area (Å²) in [6, 6.07) is 6.90. The molecule has 2 unspecified atom stereocenters. The second kappa shape index (κ2) is 5.94. The van der Waals surface area contributed by atoms with Crippen molar-refractivity contribution < 1.29 is 19.1 Å². The summed E-state index contributed by atoms with van der Waals surface area (Å²) in [6.07, 6.45) is 0.326. The molecule has 0 aliphatic carbocycles. The first-order valence-electron chi connectivity index (χ1n) is 6.64. The van der Waals surface area contributed by atoms with Crippen molar-refractivity contribution in [2.45, 2.75) is 25.3 Å². The van der Waals surface area contributed by atoms with Crippen LogP contribution in [0.25, 0.3) is 0 Å². The van der Waals surface area contributed by atoms with Gasteiger partial charge < -0.3 is 14.4 Å². The average Bonchev–Trinajstić information content (AvgIpc) is 2.75. The highest BCUT2D eigenvalue weighted by atomic mass is 16.5. The monoisotopic (exact) mass is 277 g/mol. The normalized spacial score (nSPS) is 21.9. The molecule has 108 valence electrons. The van der Waals surface area contributed by atoms with Gasteiger partial charge in [-0.2, -0.15) is 0 Å². The first kappa shape index (κ1) is 14.4. The van der Waals surface area contributed by atoms with E-state index in [1.807, 2.05) is 24.3 Å². The number of benzene rings is 1. The number of carbonyl (C=O) groups is 2. The van der Waals surface area contributed by atoms with E-state index >= 15 is 0 Å². The van der Waals surface area contributed by atoms with E-state index < -0.39 is 6.04 Å². The van der Waals surface area contributed by atoms with Crippen LogP contribution in [0.2, 0.25) is 0 Å². The van der Waals surface area contributed by atoms with Crippen molar-refractivity contribution >= 4 is 11.9 Å². The third-order valence-corrected chi connectivity index (χ3v) is 3.66. The number of ether oxygens (including phenoxy) is 2. The molecule has 0 saturated carbocycles. The third-order valence-electron chi connectivity index (χ3n) is 3.66. The Bertz CT molecular complexity index is 497. The van der Waals surface area contributed by atoms with E-state index in [1.165, 1.54) is 4.90 Å². The van der Waals surface area contributed by atoms with Gasteiger partial charge in [0.1, 0.15) is 11.8 Å². The number of likely N-dealkylation sites (N-methyl/N-ethyl adjacent to an activating group) is 1. The lowest BCUT2D eigenvalue weighted by molar-refractivity contribution is -0.150. The lowest BCUT2D eigenvalue weighted by Gasteiger charge is -2.23. The number of likely N-dealkylation sites (tertiary alicyclic amines) is 1. The van der Waals surface area contributed by atoms with Crippen molar-refractivity contribution in [1.29, 1.82) is 0 Å². The van der Waals surface area contributed by atoms with Crippen LogP contribution < -0.4 is 4.74 Å². The molecule has 0 N–H and O–H groups in total. The van der Waals surface area contributed by atoms with Crippen LogP contribution in [-0.4, -0.2) is 43.6 Å². The molecule has 2 atom stereocenters. The van der Waals surface area contributed by atoms with Gasteiger partial charge in [0.05, 0.1) is 13.7 Å². The van der Waals surface area contributed by atoms with Gasteiger partial charge in [-0.25, -0.2) is 4.79 Å². The maximum atomic E-state index is 12.1. The van der Waals surface area contributed by atoms with E-state index in [0.29, 0.717) is 13.0 Å². The van der Waals surface area contributed by atoms with Crippen molar-refractivity contribution in [1.82, 2.24) is 4.90 Å². The van der Waals surface area contributed by atoms with Gasteiger partial charge in [0.2, 0.25) is 5.91 Å². The van der Waals surface area contributed by atoms with E-state index in [1.54, 1.807) is 21.1 Å². The molecule has 1 aromatic rings. The summed E-state index contributed by atoms with van der Waals surface area (Å²) in [6.45, 7) is 2.07. The van der Waals surface area contributed by atoms with Crippen molar-refractivity contribution in [3.8, 4) is 5.75 Å². The molecule has 5 heteroatoms. The molecule has 20 heavy (non-hydrogen) atoms. The minimum atomic E-state index is -0.546. The molecule has 1 aromatic carbocycles. The van der Waals surface area contributed by atoms with Crippen LogP contribution in [0.3, 0.4) is 0 Å². The molecule has 2 rings (SSSR count). The highest BCUT2D eigenvalue weighted by Crippen LogP contribution is 2.34. The van der Waals surface area contributed by atoms with Gasteiger partial charge in [-0.3, -0.25) is 4.79 Å². The van der Waals surface area contributed by atoms with Gasteiger partial charge >= 0.3 is 5.97 Å². The number of methoxy groups -OCH3 is 1. The number of nitrogens with zero attached hydrogens (tertiary/aromatic N) is 1. The number of esters is 1. The highest BCUT2D eigenvalue weighted by molar-refractivity contribution is 5.90. The maximum absolute atomic E-state index is 12.1. The van der Waals surface area contributed by atoms with Gasteiger partial charge in [0.15, 0.2) is 0 Å². The Balaban J connectivity index is 2.27. The largest absolute Gasteiger partial charge is 0.497 e. The molecule has 0 radical (unpaired) electrons. The van der Waals surface area contributed by atoms with Crippen molar-refractivity contribution in [2.75, 3.05) is 20.8 Å². The molecule has 0 aromatic heterocycles. The molecule has 0 bridgehead atoms. The van der Waals surface area contributed by atoms with Crippen LogP contribution in [0.5, 0.6) is 5.75 Å². The van der Waals surface area contributed by atoms with Gasteiger partial charge in [-0.1, -0.05) is 12.1 Å². The highest BCUT2D eigenvalue weighted by Gasteiger charge is 2.43. The van der Waals surface area contributed by atoms with Crippen LogP contribution in [0.15, 0.2) is 24.3 Å². The minimum Gasteiger partial charge on any atom is -0.497 e. The Morgan fingerprint density at radius 1 is 1.35 bits per heavy atom. The zero-order valence-electron chi connectivity index (χ0n) is 12.0. The predicted molar refractivity (Wildman–Crippen MR) is 73.5 cm³/mol. The summed E-state index contributed by atoms with van der Waals surface area (Å²) in [7, 11) is 3.25. The molecule has 1 aliphatic rings. The first-order valence-corrected chi connectivity index (χ1v) is 6.64. The summed E-state index contributed by atoms with van der Waals surface area (Å²) in [5.74, 6) is 0.196. The lowest BCUT2D eigenvalue weighted by atomic mass is 9.91. The molecular formula is C15H19NO4.